The lowest BCUT2D eigenvalue weighted by Crippen LogP contribution is -2.28. The third-order valence-corrected chi connectivity index (χ3v) is 2.70. The summed E-state index contributed by atoms with van der Waals surface area (Å²) in [6.45, 7) is 4.15. The van der Waals surface area contributed by atoms with E-state index in [0.29, 0.717) is 30.9 Å². The molecule has 0 atom stereocenters. The number of carbonyl (C=O) groups excluding carboxylic acids is 1. The average Bonchev–Trinajstić information content (AvgIpc) is 2.36. The summed E-state index contributed by atoms with van der Waals surface area (Å²) >= 11 is 0. The van der Waals surface area contributed by atoms with Crippen molar-refractivity contribution in [3.8, 4) is 5.75 Å². The van der Waals surface area contributed by atoms with Crippen LogP contribution in [0.5, 0.6) is 5.75 Å². The summed E-state index contributed by atoms with van der Waals surface area (Å²) in [5, 5.41) is 12.5. The summed E-state index contributed by atoms with van der Waals surface area (Å²) in [5.74, 6) is -0.245. The SMILES string of the molecule is Cc1cccc(C(=O)NCCOCCN(C)C)c1O. The Hall–Kier alpha value is -1.59. The Morgan fingerprint density at radius 2 is 2.11 bits per heavy atom. The third-order valence-electron chi connectivity index (χ3n) is 2.70. The van der Waals surface area contributed by atoms with E-state index < -0.39 is 0 Å². The van der Waals surface area contributed by atoms with Gasteiger partial charge in [-0.1, -0.05) is 12.1 Å². The third kappa shape index (κ3) is 5.28. The van der Waals surface area contributed by atoms with E-state index in [4.69, 9.17) is 4.74 Å². The number of benzene rings is 1. The number of amides is 1. The van der Waals surface area contributed by atoms with Crippen molar-refractivity contribution in [2.75, 3.05) is 40.4 Å². The van der Waals surface area contributed by atoms with Gasteiger partial charge in [-0.05, 0) is 32.6 Å². The molecule has 0 radical (unpaired) electrons. The number of likely N-dealkylation sites (N-methyl/N-ethyl adjacent to an activating group) is 1. The number of carbonyl (C=O) groups is 1. The molecule has 0 bridgehead atoms. The summed E-state index contributed by atoms with van der Waals surface area (Å²) in [6, 6.07) is 5.11. The van der Waals surface area contributed by atoms with Crippen LogP contribution in [0.3, 0.4) is 0 Å². The smallest absolute Gasteiger partial charge is 0.255 e. The molecule has 0 aliphatic rings. The molecule has 1 aromatic rings. The number of nitrogens with zero attached hydrogens (tertiary/aromatic N) is 1. The maximum atomic E-state index is 11.8. The second-order valence-electron chi connectivity index (χ2n) is 4.64. The molecular formula is C14H22N2O3. The lowest BCUT2D eigenvalue weighted by molar-refractivity contribution is 0.0897. The zero-order chi connectivity index (χ0) is 14.3. The highest BCUT2D eigenvalue weighted by Gasteiger charge is 2.11. The van der Waals surface area contributed by atoms with Gasteiger partial charge in [-0.15, -0.1) is 0 Å². The van der Waals surface area contributed by atoms with Crippen LogP contribution in [0.1, 0.15) is 15.9 Å². The number of hydrogen-bond donors (Lipinski definition) is 2. The van der Waals surface area contributed by atoms with Crippen LogP contribution in [0, 0.1) is 6.92 Å². The van der Waals surface area contributed by atoms with Gasteiger partial charge in [0.05, 0.1) is 18.8 Å². The normalized spacial score (nSPS) is 10.7. The number of phenols is 1. The van der Waals surface area contributed by atoms with E-state index in [1.165, 1.54) is 0 Å². The summed E-state index contributed by atoms with van der Waals surface area (Å²) in [4.78, 5) is 13.9. The number of ether oxygens (including phenoxy) is 1. The standard InChI is InChI=1S/C14H22N2O3/c1-11-5-4-6-12(13(11)17)14(18)15-7-9-19-10-8-16(2)3/h4-6,17H,7-10H2,1-3H3,(H,15,18). The molecule has 0 spiro atoms. The maximum absolute atomic E-state index is 11.8. The summed E-state index contributed by atoms with van der Waals surface area (Å²) in [7, 11) is 3.96. The van der Waals surface area contributed by atoms with Crippen LogP contribution in [-0.2, 0) is 4.74 Å². The van der Waals surface area contributed by atoms with E-state index >= 15 is 0 Å². The molecule has 0 heterocycles. The van der Waals surface area contributed by atoms with Gasteiger partial charge in [-0.2, -0.15) is 0 Å². The first-order valence-corrected chi connectivity index (χ1v) is 6.31. The molecule has 1 rings (SSSR count). The van der Waals surface area contributed by atoms with Crippen molar-refractivity contribution < 1.29 is 14.6 Å². The Balaban J connectivity index is 2.30. The molecule has 0 saturated carbocycles. The van der Waals surface area contributed by atoms with Crippen molar-refractivity contribution in [2.45, 2.75) is 6.92 Å². The van der Waals surface area contributed by atoms with E-state index in [9.17, 15) is 9.90 Å². The zero-order valence-corrected chi connectivity index (χ0v) is 11.8. The van der Waals surface area contributed by atoms with Gasteiger partial charge in [-0.25, -0.2) is 0 Å². The molecule has 0 aliphatic carbocycles. The number of aromatic hydroxyl groups is 1. The Morgan fingerprint density at radius 3 is 2.79 bits per heavy atom. The molecule has 1 aromatic carbocycles. The topological polar surface area (TPSA) is 61.8 Å². The van der Waals surface area contributed by atoms with Gasteiger partial charge in [0, 0.05) is 13.1 Å². The number of rotatable bonds is 7. The van der Waals surface area contributed by atoms with Crippen molar-refractivity contribution in [1.82, 2.24) is 10.2 Å². The second kappa shape index (κ2) is 7.76. The quantitative estimate of drug-likeness (QED) is 0.723. The lowest BCUT2D eigenvalue weighted by atomic mass is 10.1. The molecule has 1 amide bonds. The predicted molar refractivity (Wildman–Crippen MR) is 74.6 cm³/mol. The van der Waals surface area contributed by atoms with E-state index in [-0.39, 0.29) is 11.7 Å². The summed E-state index contributed by atoms with van der Waals surface area (Å²) in [6.07, 6.45) is 0. The number of phenolic OH excluding ortho intramolecular Hbond substituents is 1. The number of aryl methyl sites for hydroxylation is 1. The van der Waals surface area contributed by atoms with Crippen LogP contribution >= 0.6 is 0 Å². The van der Waals surface area contributed by atoms with E-state index in [1.54, 1.807) is 25.1 Å². The Morgan fingerprint density at radius 1 is 1.37 bits per heavy atom. The van der Waals surface area contributed by atoms with E-state index in [2.05, 4.69) is 5.32 Å². The molecule has 2 N–H and O–H groups in total. The number of nitrogens with one attached hydrogen (secondary N) is 1. The lowest BCUT2D eigenvalue weighted by Gasteiger charge is -2.11. The predicted octanol–water partition coefficient (Wildman–Crippen LogP) is 1.01. The van der Waals surface area contributed by atoms with Gasteiger partial charge >= 0.3 is 0 Å². The van der Waals surface area contributed by atoms with Crippen molar-refractivity contribution >= 4 is 5.91 Å². The monoisotopic (exact) mass is 266 g/mol. The Bertz CT molecular complexity index is 419. The van der Waals surface area contributed by atoms with Crippen molar-refractivity contribution in [1.29, 1.82) is 0 Å². The molecule has 19 heavy (non-hydrogen) atoms. The fourth-order valence-corrected chi connectivity index (χ4v) is 1.52. The highest BCUT2D eigenvalue weighted by atomic mass is 16.5. The fourth-order valence-electron chi connectivity index (χ4n) is 1.52. The van der Waals surface area contributed by atoms with Crippen molar-refractivity contribution in [3.63, 3.8) is 0 Å². The molecular weight excluding hydrogens is 244 g/mol. The van der Waals surface area contributed by atoms with Gasteiger partial charge in [0.2, 0.25) is 0 Å². The first-order chi connectivity index (χ1) is 9.02. The van der Waals surface area contributed by atoms with Gasteiger partial charge in [-0.3, -0.25) is 4.79 Å². The minimum Gasteiger partial charge on any atom is -0.507 e. The molecule has 0 fully saturated rings. The van der Waals surface area contributed by atoms with Crippen LogP contribution < -0.4 is 5.32 Å². The Labute approximate surface area is 114 Å². The van der Waals surface area contributed by atoms with Crippen LogP contribution in [-0.4, -0.2) is 56.3 Å². The van der Waals surface area contributed by atoms with Gasteiger partial charge < -0.3 is 20.1 Å². The first kappa shape index (κ1) is 15.5. The van der Waals surface area contributed by atoms with E-state index in [1.807, 2.05) is 19.0 Å². The number of para-hydroxylation sites is 1. The molecule has 0 aliphatic heterocycles. The zero-order valence-electron chi connectivity index (χ0n) is 11.8. The van der Waals surface area contributed by atoms with Gasteiger partial charge in [0.15, 0.2) is 0 Å². The highest BCUT2D eigenvalue weighted by Crippen LogP contribution is 2.20. The van der Waals surface area contributed by atoms with Crippen LogP contribution in [0.2, 0.25) is 0 Å². The fraction of sp³-hybridized carbons (Fsp3) is 0.500. The number of hydrogen-bond acceptors (Lipinski definition) is 4. The molecule has 0 aromatic heterocycles. The van der Waals surface area contributed by atoms with Crippen LogP contribution in [0.15, 0.2) is 18.2 Å². The molecule has 106 valence electrons. The van der Waals surface area contributed by atoms with Crippen LogP contribution in [0.4, 0.5) is 0 Å². The minimum atomic E-state index is -0.280. The van der Waals surface area contributed by atoms with Gasteiger partial charge in [0.25, 0.3) is 5.91 Å². The second-order valence-corrected chi connectivity index (χ2v) is 4.64. The summed E-state index contributed by atoms with van der Waals surface area (Å²) in [5.41, 5.74) is 0.989. The van der Waals surface area contributed by atoms with Crippen molar-refractivity contribution in [3.05, 3.63) is 29.3 Å². The van der Waals surface area contributed by atoms with Gasteiger partial charge in [0.1, 0.15) is 5.75 Å². The first-order valence-electron chi connectivity index (χ1n) is 6.31. The molecule has 0 unspecified atom stereocenters. The van der Waals surface area contributed by atoms with Crippen LogP contribution in [0.25, 0.3) is 0 Å². The average molecular weight is 266 g/mol. The molecule has 5 heteroatoms. The largest absolute Gasteiger partial charge is 0.507 e. The molecule has 5 nitrogen and oxygen atoms in total. The van der Waals surface area contributed by atoms with Crippen molar-refractivity contribution in [2.24, 2.45) is 0 Å². The minimum absolute atomic E-state index is 0.0357. The Kier molecular flexibility index (Phi) is 6.32. The summed E-state index contributed by atoms with van der Waals surface area (Å²) < 4.78 is 5.37. The highest BCUT2D eigenvalue weighted by molar-refractivity contribution is 5.97. The molecule has 0 saturated heterocycles. The maximum Gasteiger partial charge on any atom is 0.255 e. The van der Waals surface area contributed by atoms with E-state index in [0.717, 1.165) is 6.54 Å².